The Labute approximate surface area is 116 Å². The number of nitrogens with zero attached hydrogens (tertiary/aromatic N) is 1. The van der Waals surface area contributed by atoms with Crippen LogP contribution in [0.25, 0.3) is 27.5 Å². The number of hydrogen-bond donors (Lipinski definition) is 1. The van der Waals surface area contributed by atoms with Crippen molar-refractivity contribution < 1.29 is 5.11 Å². The van der Waals surface area contributed by atoms with E-state index in [2.05, 4.69) is 28.8 Å². The standard InChI is InChI=1S/C18H13NO/c20-17-12-6-11-16-18(17)14-9-4-5-10-15(14)19(16)13-7-2-1-3-8-13/h1-12,20H. The Bertz CT molecular complexity index is 907. The van der Waals surface area contributed by atoms with Crippen molar-refractivity contribution in [3.63, 3.8) is 0 Å². The van der Waals surface area contributed by atoms with Gasteiger partial charge in [0.1, 0.15) is 5.75 Å². The summed E-state index contributed by atoms with van der Waals surface area (Å²) in [6.45, 7) is 0. The van der Waals surface area contributed by atoms with Crippen molar-refractivity contribution in [2.24, 2.45) is 0 Å². The molecule has 1 aromatic heterocycles. The second-order valence-electron chi connectivity index (χ2n) is 4.86. The normalized spacial score (nSPS) is 11.2. The van der Waals surface area contributed by atoms with Crippen LogP contribution in [-0.2, 0) is 0 Å². The van der Waals surface area contributed by atoms with Gasteiger partial charge >= 0.3 is 0 Å². The third-order valence-corrected chi connectivity index (χ3v) is 3.69. The molecule has 0 aliphatic carbocycles. The van der Waals surface area contributed by atoms with Crippen LogP contribution in [0.4, 0.5) is 0 Å². The van der Waals surface area contributed by atoms with Crippen molar-refractivity contribution in [1.29, 1.82) is 0 Å². The third kappa shape index (κ3) is 1.45. The van der Waals surface area contributed by atoms with Crippen LogP contribution in [0.1, 0.15) is 0 Å². The van der Waals surface area contributed by atoms with Gasteiger partial charge in [-0.25, -0.2) is 0 Å². The first-order valence-electron chi connectivity index (χ1n) is 6.63. The van der Waals surface area contributed by atoms with Crippen LogP contribution < -0.4 is 0 Å². The second-order valence-corrected chi connectivity index (χ2v) is 4.86. The Morgan fingerprint density at radius 2 is 1.35 bits per heavy atom. The Morgan fingerprint density at radius 1 is 0.650 bits per heavy atom. The lowest BCUT2D eigenvalue weighted by Gasteiger charge is -2.07. The summed E-state index contributed by atoms with van der Waals surface area (Å²) in [4.78, 5) is 0. The summed E-state index contributed by atoms with van der Waals surface area (Å²) < 4.78 is 2.18. The Morgan fingerprint density at radius 3 is 2.20 bits per heavy atom. The highest BCUT2D eigenvalue weighted by Crippen LogP contribution is 2.36. The van der Waals surface area contributed by atoms with Gasteiger partial charge in [0.25, 0.3) is 0 Å². The van der Waals surface area contributed by atoms with E-state index in [0.717, 1.165) is 27.5 Å². The zero-order valence-corrected chi connectivity index (χ0v) is 10.8. The maximum absolute atomic E-state index is 10.2. The number of aromatic hydroxyl groups is 1. The highest BCUT2D eigenvalue weighted by Gasteiger charge is 2.13. The van der Waals surface area contributed by atoms with E-state index in [1.807, 2.05) is 42.5 Å². The Kier molecular flexibility index (Phi) is 2.30. The summed E-state index contributed by atoms with van der Waals surface area (Å²) in [5.41, 5.74) is 3.23. The molecule has 20 heavy (non-hydrogen) atoms. The van der Waals surface area contributed by atoms with E-state index in [1.165, 1.54) is 0 Å². The van der Waals surface area contributed by atoms with Crippen LogP contribution in [0, 0.1) is 0 Å². The monoisotopic (exact) mass is 259 g/mol. The van der Waals surface area contributed by atoms with Crippen molar-refractivity contribution in [3.05, 3.63) is 72.8 Å². The van der Waals surface area contributed by atoms with Gasteiger partial charge < -0.3 is 9.67 Å². The number of phenols is 1. The van der Waals surface area contributed by atoms with Crippen molar-refractivity contribution in [2.75, 3.05) is 0 Å². The fourth-order valence-corrected chi connectivity index (χ4v) is 2.86. The van der Waals surface area contributed by atoms with Crippen LogP contribution in [-0.4, -0.2) is 9.67 Å². The van der Waals surface area contributed by atoms with Gasteiger partial charge in [-0.05, 0) is 30.3 Å². The SMILES string of the molecule is Oc1cccc2c1c1ccccc1n2-c1ccccc1. The van der Waals surface area contributed by atoms with E-state index in [0.29, 0.717) is 5.75 Å². The van der Waals surface area contributed by atoms with Crippen LogP contribution in [0.5, 0.6) is 5.75 Å². The maximum atomic E-state index is 10.2. The zero-order valence-electron chi connectivity index (χ0n) is 10.8. The lowest BCUT2D eigenvalue weighted by molar-refractivity contribution is 0.482. The van der Waals surface area contributed by atoms with E-state index < -0.39 is 0 Å². The molecule has 0 unspecified atom stereocenters. The molecule has 96 valence electrons. The molecule has 4 rings (SSSR count). The topological polar surface area (TPSA) is 25.2 Å². The third-order valence-electron chi connectivity index (χ3n) is 3.69. The molecule has 0 fully saturated rings. The molecule has 0 saturated heterocycles. The zero-order chi connectivity index (χ0) is 13.5. The molecule has 0 aliphatic rings. The number of para-hydroxylation sites is 2. The number of benzene rings is 3. The molecule has 2 heteroatoms. The van der Waals surface area contributed by atoms with Gasteiger partial charge in [-0.1, -0.05) is 42.5 Å². The van der Waals surface area contributed by atoms with E-state index in [-0.39, 0.29) is 0 Å². The number of rotatable bonds is 1. The van der Waals surface area contributed by atoms with Crippen LogP contribution in [0.2, 0.25) is 0 Å². The lowest BCUT2D eigenvalue weighted by Crippen LogP contribution is -1.92. The lowest BCUT2D eigenvalue weighted by atomic mass is 10.1. The van der Waals surface area contributed by atoms with E-state index in [1.54, 1.807) is 6.07 Å². The highest BCUT2D eigenvalue weighted by molar-refractivity contribution is 6.12. The first-order chi connectivity index (χ1) is 9.86. The molecule has 3 aromatic carbocycles. The predicted molar refractivity (Wildman–Crippen MR) is 82.4 cm³/mol. The average Bonchev–Trinajstić information content (AvgIpc) is 2.84. The van der Waals surface area contributed by atoms with Gasteiger partial charge in [-0.2, -0.15) is 0 Å². The van der Waals surface area contributed by atoms with Gasteiger partial charge in [0.15, 0.2) is 0 Å². The van der Waals surface area contributed by atoms with Crippen molar-refractivity contribution in [2.45, 2.75) is 0 Å². The van der Waals surface area contributed by atoms with E-state index >= 15 is 0 Å². The molecule has 0 spiro atoms. The molecule has 1 N–H and O–H groups in total. The number of aromatic nitrogens is 1. The van der Waals surface area contributed by atoms with Crippen molar-refractivity contribution >= 4 is 21.8 Å². The van der Waals surface area contributed by atoms with Gasteiger partial charge in [-0.3, -0.25) is 0 Å². The molecular weight excluding hydrogens is 246 g/mol. The average molecular weight is 259 g/mol. The molecule has 0 radical (unpaired) electrons. The van der Waals surface area contributed by atoms with E-state index in [4.69, 9.17) is 0 Å². The summed E-state index contributed by atoms with van der Waals surface area (Å²) in [6.07, 6.45) is 0. The van der Waals surface area contributed by atoms with E-state index in [9.17, 15) is 5.11 Å². The fourth-order valence-electron chi connectivity index (χ4n) is 2.86. The fraction of sp³-hybridized carbons (Fsp3) is 0. The summed E-state index contributed by atoms with van der Waals surface area (Å²) in [6, 6.07) is 24.1. The van der Waals surface area contributed by atoms with Crippen molar-refractivity contribution in [3.8, 4) is 11.4 Å². The molecule has 0 aliphatic heterocycles. The van der Waals surface area contributed by atoms with Crippen molar-refractivity contribution in [1.82, 2.24) is 4.57 Å². The maximum Gasteiger partial charge on any atom is 0.125 e. The summed E-state index contributed by atoms with van der Waals surface area (Å²) in [5, 5.41) is 12.2. The van der Waals surface area contributed by atoms with Gasteiger partial charge in [0, 0.05) is 16.5 Å². The first-order valence-corrected chi connectivity index (χ1v) is 6.63. The minimum atomic E-state index is 0.327. The van der Waals surface area contributed by atoms with Crippen LogP contribution >= 0.6 is 0 Å². The van der Waals surface area contributed by atoms with Crippen LogP contribution in [0.3, 0.4) is 0 Å². The first kappa shape index (κ1) is 11.1. The highest BCUT2D eigenvalue weighted by atomic mass is 16.3. The summed E-state index contributed by atoms with van der Waals surface area (Å²) in [7, 11) is 0. The molecule has 4 aromatic rings. The number of phenolic OH excluding ortho intramolecular Hbond substituents is 1. The van der Waals surface area contributed by atoms with Gasteiger partial charge in [0.2, 0.25) is 0 Å². The molecule has 1 heterocycles. The Balaban J connectivity index is 2.26. The minimum absolute atomic E-state index is 0.327. The predicted octanol–water partition coefficient (Wildman–Crippen LogP) is 4.49. The molecule has 0 amide bonds. The minimum Gasteiger partial charge on any atom is -0.507 e. The van der Waals surface area contributed by atoms with Gasteiger partial charge in [0.05, 0.1) is 11.0 Å². The molecule has 0 atom stereocenters. The smallest absolute Gasteiger partial charge is 0.125 e. The number of hydrogen-bond acceptors (Lipinski definition) is 1. The molecule has 2 nitrogen and oxygen atoms in total. The largest absolute Gasteiger partial charge is 0.507 e. The molecular formula is C18H13NO. The van der Waals surface area contributed by atoms with Gasteiger partial charge in [-0.15, -0.1) is 0 Å². The van der Waals surface area contributed by atoms with Crippen LogP contribution in [0.15, 0.2) is 72.8 Å². The quantitative estimate of drug-likeness (QED) is 0.535. The second kappa shape index (κ2) is 4.14. The number of fused-ring (bicyclic) bond motifs is 3. The molecule has 0 saturated carbocycles. The summed E-state index contributed by atoms with van der Waals surface area (Å²) in [5.74, 6) is 0.327. The Hall–Kier alpha value is -2.74. The summed E-state index contributed by atoms with van der Waals surface area (Å²) >= 11 is 0. The molecule has 0 bridgehead atoms.